The molecule has 0 saturated carbocycles. The van der Waals surface area contributed by atoms with Crippen LogP contribution in [0, 0.1) is 11.8 Å². The summed E-state index contributed by atoms with van der Waals surface area (Å²) in [6, 6.07) is 7.29. The van der Waals surface area contributed by atoms with Gasteiger partial charge >= 0.3 is 0 Å². The van der Waals surface area contributed by atoms with E-state index in [-0.39, 0.29) is 34.1 Å². The zero-order chi connectivity index (χ0) is 38.5. The molecule has 4 aliphatic heterocycles. The number of hydrogen-bond acceptors (Lipinski definition) is 18. The van der Waals surface area contributed by atoms with Crippen molar-refractivity contribution in [1.82, 2.24) is 0 Å². The molecule has 6 rings (SSSR count). The first kappa shape index (κ1) is 39.1. The number of phenols is 2. The van der Waals surface area contributed by atoms with Crippen LogP contribution in [0.1, 0.15) is 20.8 Å². The third-order valence-electron chi connectivity index (χ3n) is 10.00. The lowest BCUT2D eigenvalue weighted by molar-refractivity contribution is -0.318. The van der Waals surface area contributed by atoms with Gasteiger partial charge in [-0.25, -0.2) is 0 Å². The number of rotatable bonds is 9. The van der Waals surface area contributed by atoms with Gasteiger partial charge in [-0.15, -0.1) is 0 Å². The van der Waals surface area contributed by atoms with Crippen molar-refractivity contribution in [2.75, 3.05) is 13.2 Å². The van der Waals surface area contributed by atoms with Gasteiger partial charge < -0.3 is 83.9 Å². The maximum Gasteiger partial charge on any atom is 0.229 e. The molecular formula is C35H44O18. The van der Waals surface area contributed by atoms with Crippen LogP contribution in [-0.4, -0.2) is 144 Å². The van der Waals surface area contributed by atoms with Crippen molar-refractivity contribution >= 4 is 0 Å². The predicted octanol–water partition coefficient (Wildman–Crippen LogP) is -1.42. The van der Waals surface area contributed by atoms with E-state index in [0.29, 0.717) is 0 Å². The molecule has 5 aliphatic rings. The molecule has 18 heteroatoms. The van der Waals surface area contributed by atoms with Crippen LogP contribution in [0.5, 0.6) is 23.0 Å². The van der Waals surface area contributed by atoms with Crippen LogP contribution in [0.25, 0.3) is 22.6 Å². The standard InChI is InChI=1S/C35H44O18/c1-12-23(10-36)52-33(13(2)25(12)40)50-21-8-16(37)7-20-17(21)9-22(32(49-20)15-4-5-18(38)19(39)6-15)51-35-31(46)29(44)27(42)24(53-35)11-47-34-30(45)28(43)26(41)14(3)48-34/h4-9,12-14,23-31,33-36,38-46H,10-11H2,1-3H3/t12-,13-,14+,23-,24-,25+,26+,27-,28-,29+,30-,31-,33-,34-,35-/m1/s1. The molecule has 292 valence electrons. The molecule has 0 spiro atoms. The molecule has 0 bridgehead atoms. The number of ether oxygens (including phenoxy) is 6. The Labute approximate surface area is 301 Å². The lowest BCUT2D eigenvalue weighted by Crippen LogP contribution is -2.61. The quantitative estimate of drug-likeness (QED) is 0.112. The van der Waals surface area contributed by atoms with Crippen molar-refractivity contribution in [3.63, 3.8) is 0 Å². The summed E-state index contributed by atoms with van der Waals surface area (Å²) < 4.78 is 41.0. The number of aliphatic hydroxyl groups is 8. The molecule has 0 aromatic heterocycles. The number of aromatic hydroxyl groups is 2. The fourth-order valence-corrected chi connectivity index (χ4v) is 6.58. The van der Waals surface area contributed by atoms with Crippen LogP contribution in [0.4, 0.5) is 0 Å². The number of fused-ring (bicyclic) bond motifs is 1. The van der Waals surface area contributed by atoms with Gasteiger partial charge in [0.1, 0.15) is 54.2 Å². The highest BCUT2D eigenvalue weighted by molar-refractivity contribution is 5.76. The third kappa shape index (κ3) is 7.68. The van der Waals surface area contributed by atoms with Crippen LogP contribution >= 0.6 is 0 Å². The summed E-state index contributed by atoms with van der Waals surface area (Å²) in [6.45, 7) is 3.86. The van der Waals surface area contributed by atoms with Crippen molar-refractivity contribution in [1.29, 1.82) is 0 Å². The second kappa shape index (κ2) is 15.6. The minimum Gasteiger partial charge on any atom is -0.504 e. The molecule has 3 fully saturated rings. The Morgan fingerprint density at radius 1 is 0.642 bits per heavy atom. The maximum absolute atomic E-state index is 12.9. The summed E-state index contributed by atoms with van der Waals surface area (Å²) in [4.78, 5) is 12.9. The van der Waals surface area contributed by atoms with Gasteiger partial charge in [-0.05, 0) is 31.2 Å². The van der Waals surface area contributed by atoms with Crippen molar-refractivity contribution < 1.29 is 83.9 Å². The third-order valence-corrected chi connectivity index (χ3v) is 10.00. The van der Waals surface area contributed by atoms with Crippen molar-refractivity contribution in [2.24, 2.45) is 11.8 Å². The second-order valence-electron chi connectivity index (χ2n) is 13.7. The van der Waals surface area contributed by atoms with Gasteiger partial charge in [0.05, 0.1) is 37.1 Å². The van der Waals surface area contributed by atoms with Gasteiger partial charge in [-0.2, -0.15) is 0 Å². The van der Waals surface area contributed by atoms with E-state index in [2.05, 4.69) is 0 Å². The second-order valence-corrected chi connectivity index (χ2v) is 13.7. The van der Waals surface area contributed by atoms with Crippen LogP contribution in [0.3, 0.4) is 0 Å². The average Bonchev–Trinajstić information content (AvgIpc) is 3.13. The van der Waals surface area contributed by atoms with E-state index in [1.165, 1.54) is 19.1 Å². The molecule has 1 aromatic rings. The van der Waals surface area contributed by atoms with Gasteiger partial charge in [-0.3, -0.25) is 4.79 Å². The minimum absolute atomic E-state index is 0.0436. The van der Waals surface area contributed by atoms with E-state index in [0.717, 1.165) is 24.3 Å². The Kier molecular flexibility index (Phi) is 11.5. The molecule has 18 nitrogen and oxygen atoms in total. The van der Waals surface area contributed by atoms with E-state index in [4.69, 9.17) is 32.8 Å². The Hall–Kier alpha value is -3.63. The molecule has 0 unspecified atom stereocenters. The van der Waals surface area contributed by atoms with Crippen molar-refractivity contribution in [3.8, 4) is 45.6 Å². The molecule has 0 radical (unpaired) electrons. The molecular weight excluding hydrogens is 708 g/mol. The summed E-state index contributed by atoms with van der Waals surface area (Å²) in [6.07, 6.45) is -18.6. The van der Waals surface area contributed by atoms with E-state index >= 15 is 0 Å². The number of phenolic OH excluding ortho intramolecular Hbond substituents is 2. The van der Waals surface area contributed by atoms with Crippen LogP contribution in [-0.2, 0) is 18.9 Å². The minimum atomic E-state index is -1.89. The summed E-state index contributed by atoms with van der Waals surface area (Å²) in [5, 5.41) is 104. The fourth-order valence-electron chi connectivity index (χ4n) is 6.58. The summed E-state index contributed by atoms with van der Waals surface area (Å²) in [5.74, 6) is -2.51. The Bertz CT molecular complexity index is 1750. The number of benzene rings is 2. The Balaban J connectivity index is 1.34. The average molecular weight is 753 g/mol. The molecule has 10 N–H and O–H groups in total. The first-order valence-corrected chi connectivity index (χ1v) is 17.0. The van der Waals surface area contributed by atoms with E-state index in [1.54, 1.807) is 13.8 Å². The van der Waals surface area contributed by atoms with Crippen LogP contribution in [0.15, 0.2) is 45.6 Å². The first-order valence-electron chi connectivity index (χ1n) is 17.0. The van der Waals surface area contributed by atoms with Gasteiger partial charge in [0, 0.05) is 29.5 Å². The summed E-state index contributed by atoms with van der Waals surface area (Å²) >= 11 is 0. The zero-order valence-electron chi connectivity index (χ0n) is 28.8. The maximum atomic E-state index is 12.9. The highest BCUT2D eigenvalue weighted by Gasteiger charge is 2.48. The molecule has 4 heterocycles. The molecule has 0 amide bonds. The lowest BCUT2D eigenvalue weighted by atomic mass is 9.86. The fraction of sp³-hybridized carbons (Fsp3) is 0.571. The molecule has 53 heavy (non-hydrogen) atoms. The van der Waals surface area contributed by atoms with Gasteiger partial charge in [0.25, 0.3) is 0 Å². The highest BCUT2D eigenvalue weighted by Crippen LogP contribution is 2.44. The SMILES string of the molecule is C[C@H]1[C@H](Oc2cc(=O)cc3oc(-c4ccc(O)c(O)c4)c(O[C@@H]4O[C@H](CO[C@@H]5O[C@@H](C)[C@H](O)[C@@H](O)[C@H]5O)[C@@H](O)[C@H](O)[C@H]4O)cc2-3)O[C@H](CO)[C@@H](C)[C@@H]1O. The number of aliphatic hydroxyl groups excluding tert-OH is 8. The lowest BCUT2D eigenvalue weighted by Gasteiger charge is -2.42. The summed E-state index contributed by atoms with van der Waals surface area (Å²) in [5.41, 5.74) is -0.304. The van der Waals surface area contributed by atoms with Gasteiger partial charge in [0.15, 0.2) is 34.7 Å². The molecule has 1 aromatic carbocycles. The largest absolute Gasteiger partial charge is 0.504 e. The van der Waals surface area contributed by atoms with Crippen molar-refractivity contribution in [3.05, 3.63) is 46.6 Å². The van der Waals surface area contributed by atoms with Crippen molar-refractivity contribution in [2.45, 2.75) is 101 Å². The molecule has 3 saturated heterocycles. The molecule has 15 atom stereocenters. The topological polar surface area (TPSA) is 288 Å². The van der Waals surface area contributed by atoms with E-state index < -0.39 is 122 Å². The monoisotopic (exact) mass is 752 g/mol. The molecule has 1 aliphatic carbocycles. The first-order chi connectivity index (χ1) is 25.1. The Morgan fingerprint density at radius 2 is 1.30 bits per heavy atom. The number of hydrogen-bond donors (Lipinski definition) is 10. The summed E-state index contributed by atoms with van der Waals surface area (Å²) in [7, 11) is 0. The van der Waals surface area contributed by atoms with Crippen LogP contribution < -0.4 is 14.9 Å². The van der Waals surface area contributed by atoms with E-state index in [1.807, 2.05) is 0 Å². The zero-order valence-corrected chi connectivity index (χ0v) is 28.8. The van der Waals surface area contributed by atoms with Crippen LogP contribution in [0.2, 0.25) is 0 Å². The smallest absolute Gasteiger partial charge is 0.229 e. The van der Waals surface area contributed by atoms with Gasteiger partial charge in [0.2, 0.25) is 12.6 Å². The Morgan fingerprint density at radius 3 is 2.00 bits per heavy atom. The van der Waals surface area contributed by atoms with E-state index in [9.17, 15) is 55.9 Å². The van der Waals surface area contributed by atoms with Gasteiger partial charge in [-0.1, -0.05) is 13.8 Å². The predicted molar refractivity (Wildman–Crippen MR) is 177 cm³/mol. The highest BCUT2D eigenvalue weighted by atomic mass is 16.7. The normalized spacial score (nSPS) is 37.8.